The van der Waals surface area contributed by atoms with Crippen LogP contribution in [0.3, 0.4) is 0 Å². The fourth-order valence-corrected chi connectivity index (χ4v) is 3.01. The molecule has 0 aliphatic heterocycles. The van der Waals surface area contributed by atoms with E-state index < -0.39 is 0 Å². The molecule has 0 saturated heterocycles. The lowest BCUT2D eigenvalue weighted by molar-refractivity contribution is -0.126. The average molecular weight is 412 g/mol. The number of benzene rings is 2. The second-order valence-electron chi connectivity index (χ2n) is 5.94. The Labute approximate surface area is 171 Å². The molecule has 2 N–H and O–H groups in total. The largest absolute Gasteiger partial charge is 0.497 e. The van der Waals surface area contributed by atoms with E-state index in [1.807, 2.05) is 30.3 Å². The van der Waals surface area contributed by atoms with Crippen LogP contribution < -0.4 is 15.4 Å². The number of methoxy groups -OCH3 is 1. The van der Waals surface area contributed by atoms with Crippen molar-refractivity contribution in [2.45, 2.75) is 13.2 Å². The number of aromatic nitrogens is 2. The molecule has 0 aliphatic rings. The molecule has 0 unspecified atom stereocenters. The van der Waals surface area contributed by atoms with Crippen LogP contribution >= 0.6 is 11.3 Å². The van der Waals surface area contributed by atoms with Crippen LogP contribution in [0.2, 0.25) is 0 Å². The minimum atomic E-state index is -0.362. The van der Waals surface area contributed by atoms with Crippen molar-refractivity contribution in [3.8, 4) is 5.75 Å². The highest BCUT2D eigenvalue weighted by Crippen LogP contribution is 2.17. The molecule has 1 heterocycles. The normalized spacial score (nSPS) is 10.4. The zero-order valence-electron chi connectivity index (χ0n) is 15.8. The summed E-state index contributed by atoms with van der Waals surface area (Å²) in [5.74, 6) is 0.113. The van der Waals surface area contributed by atoms with Gasteiger partial charge in [-0.25, -0.2) is 0 Å². The van der Waals surface area contributed by atoms with Crippen molar-refractivity contribution < 1.29 is 19.1 Å². The van der Waals surface area contributed by atoms with Gasteiger partial charge in [-0.1, -0.05) is 41.7 Å². The Hall–Kier alpha value is -3.30. The van der Waals surface area contributed by atoms with Crippen LogP contribution in [0, 0.1) is 0 Å². The number of nitrogens with one attached hydrogen (secondary N) is 2. The molecule has 2 aromatic carbocycles. The van der Waals surface area contributed by atoms with Gasteiger partial charge >= 0.3 is 0 Å². The first-order valence-corrected chi connectivity index (χ1v) is 9.62. The fourth-order valence-electron chi connectivity index (χ4n) is 2.34. The molecule has 0 atom stereocenters. The van der Waals surface area contributed by atoms with Gasteiger partial charge in [0, 0.05) is 12.2 Å². The number of rotatable bonds is 9. The fraction of sp³-hybridized carbons (Fsp3) is 0.200. The molecule has 0 aliphatic carbocycles. The summed E-state index contributed by atoms with van der Waals surface area (Å²) in [4.78, 5) is 24.1. The number of carbonyl (C=O) groups excluding carboxylic acids is 2. The first kappa shape index (κ1) is 20.4. The third-order valence-electron chi connectivity index (χ3n) is 3.80. The number of carbonyl (C=O) groups is 2. The zero-order chi connectivity index (χ0) is 20.5. The summed E-state index contributed by atoms with van der Waals surface area (Å²) in [6, 6.07) is 16.6. The van der Waals surface area contributed by atoms with Gasteiger partial charge < -0.3 is 20.1 Å². The molecular weight excluding hydrogens is 392 g/mol. The molecule has 1 aromatic heterocycles. The SMILES string of the molecule is COc1ccc(NC(=O)c2nnc(COCC(=O)NCc3ccccc3)s2)cc1. The van der Waals surface area contributed by atoms with E-state index >= 15 is 0 Å². The molecule has 0 saturated carbocycles. The topological polar surface area (TPSA) is 102 Å². The summed E-state index contributed by atoms with van der Waals surface area (Å²) in [6.45, 7) is 0.448. The quantitative estimate of drug-likeness (QED) is 0.560. The number of hydrogen-bond acceptors (Lipinski definition) is 7. The Balaban J connectivity index is 1.41. The molecule has 0 bridgehead atoms. The Kier molecular flexibility index (Phi) is 7.26. The minimum absolute atomic E-state index is 0.0974. The number of nitrogens with zero attached hydrogens (tertiary/aromatic N) is 2. The van der Waals surface area contributed by atoms with E-state index in [-0.39, 0.29) is 30.0 Å². The first-order valence-electron chi connectivity index (χ1n) is 8.80. The van der Waals surface area contributed by atoms with Crippen LogP contribution in [-0.4, -0.2) is 35.7 Å². The van der Waals surface area contributed by atoms with Gasteiger partial charge in [0.25, 0.3) is 5.91 Å². The maximum absolute atomic E-state index is 12.2. The molecule has 0 fully saturated rings. The maximum atomic E-state index is 12.2. The van der Waals surface area contributed by atoms with Crippen molar-refractivity contribution in [3.05, 3.63) is 70.2 Å². The van der Waals surface area contributed by atoms with Gasteiger partial charge in [0.15, 0.2) is 0 Å². The van der Waals surface area contributed by atoms with Crippen molar-refractivity contribution in [3.63, 3.8) is 0 Å². The Bertz CT molecular complexity index is 945. The van der Waals surface area contributed by atoms with E-state index in [1.54, 1.807) is 31.4 Å². The van der Waals surface area contributed by atoms with E-state index in [2.05, 4.69) is 20.8 Å². The van der Waals surface area contributed by atoms with Crippen molar-refractivity contribution in [2.75, 3.05) is 19.0 Å². The van der Waals surface area contributed by atoms with Crippen LogP contribution in [-0.2, 0) is 22.7 Å². The smallest absolute Gasteiger partial charge is 0.286 e. The molecular formula is C20H20N4O4S. The highest BCUT2D eigenvalue weighted by atomic mass is 32.1. The van der Waals surface area contributed by atoms with Crippen LogP contribution in [0.4, 0.5) is 5.69 Å². The van der Waals surface area contributed by atoms with Crippen LogP contribution in [0.1, 0.15) is 20.4 Å². The van der Waals surface area contributed by atoms with Gasteiger partial charge in [-0.2, -0.15) is 0 Å². The first-order chi connectivity index (χ1) is 14.1. The number of ether oxygens (including phenoxy) is 2. The lowest BCUT2D eigenvalue weighted by Gasteiger charge is -2.05. The molecule has 0 spiro atoms. The Morgan fingerprint density at radius 1 is 1.03 bits per heavy atom. The van der Waals surface area contributed by atoms with Gasteiger partial charge in [0.05, 0.1) is 7.11 Å². The third kappa shape index (κ3) is 6.37. The lowest BCUT2D eigenvalue weighted by Crippen LogP contribution is -2.27. The summed E-state index contributed by atoms with van der Waals surface area (Å²) >= 11 is 1.11. The molecule has 29 heavy (non-hydrogen) atoms. The molecule has 0 radical (unpaired) electrons. The average Bonchev–Trinajstić information content (AvgIpc) is 3.23. The summed E-state index contributed by atoms with van der Waals surface area (Å²) in [6.07, 6.45) is 0. The summed E-state index contributed by atoms with van der Waals surface area (Å²) in [5.41, 5.74) is 1.64. The van der Waals surface area contributed by atoms with Gasteiger partial charge in [0.1, 0.15) is 24.0 Å². The number of anilines is 1. The minimum Gasteiger partial charge on any atom is -0.497 e. The van der Waals surface area contributed by atoms with E-state index in [9.17, 15) is 9.59 Å². The summed E-state index contributed by atoms with van der Waals surface area (Å²) in [7, 11) is 1.57. The molecule has 9 heteroatoms. The van der Waals surface area contributed by atoms with Crippen molar-refractivity contribution >= 4 is 28.8 Å². The Morgan fingerprint density at radius 3 is 2.52 bits per heavy atom. The molecule has 150 valence electrons. The second-order valence-corrected chi connectivity index (χ2v) is 7.00. The van der Waals surface area contributed by atoms with Gasteiger partial charge in [-0.05, 0) is 29.8 Å². The van der Waals surface area contributed by atoms with Crippen LogP contribution in [0.15, 0.2) is 54.6 Å². The van der Waals surface area contributed by atoms with E-state index in [0.717, 1.165) is 16.9 Å². The van der Waals surface area contributed by atoms with E-state index in [0.29, 0.717) is 23.0 Å². The highest BCUT2D eigenvalue weighted by Gasteiger charge is 2.13. The summed E-state index contributed by atoms with van der Waals surface area (Å²) < 4.78 is 10.4. The van der Waals surface area contributed by atoms with Crippen LogP contribution in [0.5, 0.6) is 5.75 Å². The predicted molar refractivity (Wildman–Crippen MR) is 109 cm³/mol. The number of hydrogen-bond donors (Lipinski definition) is 2. The van der Waals surface area contributed by atoms with Crippen molar-refractivity contribution in [1.29, 1.82) is 0 Å². The third-order valence-corrected chi connectivity index (χ3v) is 4.70. The van der Waals surface area contributed by atoms with Crippen LogP contribution in [0.25, 0.3) is 0 Å². The molecule has 2 amide bonds. The highest BCUT2D eigenvalue weighted by molar-refractivity contribution is 7.13. The molecule has 3 rings (SSSR count). The lowest BCUT2D eigenvalue weighted by atomic mass is 10.2. The van der Waals surface area contributed by atoms with Crippen molar-refractivity contribution in [2.24, 2.45) is 0 Å². The molecule has 8 nitrogen and oxygen atoms in total. The van der Waals surface area contributed by atoms with Gasteiger partial charge in [-0.3, -0.25) is 9.59 Å². The monoisotopic (exact) mass is 412 g/mol. The molecule has 3 aromatic rings. The zero-order valence-corrected chi connectivity index (χ0v) is 16.6. The second kappa shape index (κ2) is 10.3. The van der Waals surface area contributed by atoms with E-state index in [1.165, 1.54) is 0 Å². The maximum Gasteiger partial charge on any atom is 0.286 e. The predicted octanol–water partition coefficient (Wildman–Crippen LogP) is 2.63. The summed E-state index contributed by atoms with van der Waals surface area (Å²) in [5, 5.41) is 14.0. The van der Waals surface area contributed by atoms with Gasteiger partial charge in [0.2, 0.25) is 10.9 Å². The van der Waals surface area contributed by atoms with Crippen molar-refractivity contribution in [1.82, 2.24) is 15.5 Å². The standard InChI is InChI=1S/C20H20N4O4S/c1-27-16-9-7-15(8-10-16)22-19(26)20-24-23-18(29-20)13-28-12-17(25)21-11-14-5-3-2-4-6-14/h2-10H,11-13H2,1H3,(H,21,25)(H,22,26). The van der Waals surface area contributed by atoms with Gasteiger partial charge in [-0.15, -0.1) is 10.2 Å². The van der Waals surface area contributed by atoms with E-state index in [4.69, 9.17) is 9.47 Å². The number of amides is 2. The Morgan fingerprint density at radius 2 is 1.79 bits per heavy atom.